The molecule has 0 aliphatic rings. The Balaban J connectivity index is 1.79. The number of rotatable bonds is 7. The van der Waals surface area contributed by atoms with Crippen LogP contribution in [0, 0.1) is 0 Å². The standard InChI is InChI=1S/C17H17Cl2NO3S/c1-11(17(22)20-16-13(18)7-3-8-14(16)19)23-15(21)9-2-5-12-6-4-10-24-12/h3-4,6-8,10-11H,2,5,9H2,1H3,(H,20,22)/t11-/m1/s1. The first kappa shape index (κ1) is 18.8. The van der Waals surface area contributed by atoms with Crippen LogP contribution in [0.4, 0.5) is 5.69 Å². The van der Waals surface area contributed by atoms with Gasteiger partial charge in [0.1, 0.15) is 0 Å². The fourth-order valence-corrected chi connectivity index (χ4v) is 3.26. The highest BCUT2D eigenvalue weighted by atomic mass is 35.5. The van der Waals surface area contributed by atoms with Crippen molar-refractivity contribution >= 4 is 52.1 Å². The molecule has 0 saturated heterocycles. The normalized spacial score (nSPS) is 11.8. The molecule has 1 heterocycles. The van der Waals surface area contributed by atoms with Gasteiger partial charge in [0.25, 0.3) is 5.91 Å². The second-order valence-electron chi connectivity index (χ2n) is 5.15. The van der Waals surface area contributed by atoms with E-state index in [4.69, 9.17) is 27.9 Å². The molecule has 0 saturated carbocycles. The Bertz CT molecular complexity index is 684. The smallest absolute Gasteiger partial charge is 0.306 e. The van der Waals surface area contributed by atoms with Crippen LogP contribution >= 0.6 is 34.5 Å². The molecule has 128 valence electrons. The molecule has 0 aliphatic carbocycles. The van der Waals surface area contributed by atoms with E-state index in [0.717, 1.165) is 6.42 Å². The molecule has 0 bridgehead atoms. The molecule has 0 radical (unpaired) electrons. The first-order chi connectivity index (χ1) is 11.5. The Kier molecular flexibility index (Phi) is 7.09. The lowest BCUT2D eigenvalue weighted by Gasteiger charge is -2.15. The third-order valence-corrected chi connectivity index (χ3v) is 4.84. The number of nitrogens with one attached hydrogen (secondary N) is 1. The van der Waals surface area contributed by atoms with Crippen LogP contribution in [0.25, 0.3) is 0 Å². The van der Waals surface area contributed by atoms with Gasteiger partial charge >= 0.3 is 5.97 Å². The summed E-state index contributed by atoms with van der Waals surface area (Å²) in [5.74, 6) is -0.879. The number of aryl methyl sites for hydroxylation is 1. The van der Waals surface area contributed by atoms with Gasteiger partial charge in [-0.1, -0.05) is 35.3 Å². The first-order valence-corrected chi connectivity index (χ1v) is 9.07. The molecular formula is C17H17Cl2NO3S. The number of esters is 1. The summed E-state index contributed by atoms with van der Waals surface area (Å²) in [5, 5.41) is 5.23. The molecule has 1 atom stereocenters. The van der Waals surface area contributed by atoms with E-state index in [0.29, 0.717) is 22.2 Å². The molecule has 1 N–H and O–H groups in total. The second kappa shape index (κ2) is 9.06. The highest BCUT2D eigenvalue weighted by Gasteiger charge is 2.19. The number of hydrogen-bond donors (Lipinski definition) is 1. The van der Waals surface area contributed by atoms with Crippen LogP contribution in [0.2, 0.25) is 10.0 Å². The van der Waals surface area contributed by atoms with Crippen LogP contribution in [0.15, 0.2) is 35.7 Å². The van der Waals surface area contributed by atoms with Gasteiger partial charge in [-0.15, -0.1) is 11.3 Å². The summed E-state index contributed by atoms with van der Waals surface area (Å²) in [4.78, 5) is 25.2. The number of benzene rings is 1. The minimum Gasteiger partial charge on any atom is -0.453 e. The van der Waals surface area contributed by atoms with Crippen molar-refractivity contribution in [2.45, 2.75) is 32.3 Å². The van der Waals surface area contributed by atoms with Crippen molar-refractivity contribution < 1.29 is 14.3 Å². The van der Waals surface area contributed by atoms with E-state index >= 15 is 0 Å². The van der Waals surface area contributed by atoms with Gasteiger partial charge in [-0.25, -0.2) is 0 Å². The predicted molar refractivity (Wildman–Crippen MR) is 97.9 cm³/mol. The average Bonchev–Trinajstić information content (AvgIpc) is 3.04. The lowest BCUT2D eigenvalue weighted by molar-refractivity contribution is -0.153. The zero-order chi connectivity index (χ0) is 17.5. The average molecular weight is 386 g/mol. The predicted octanol–water partition coefficient (Wildman–Crippen LogP) is 4.95. The highest BCUT2D eigenvalue weighted by molar-refractivity contribution is 7.09. The monoisotopic (exact) mass is 385 g/mol. The Morgan fingerprint density at radius 3 is 2.54 bits per heavy atom. The number of carbonyl (C=O) groups is 2. The highest BCUT2D eigenvalue weighted by Crippen LogP contribution is 2.29. The Labute approximate surface area is 154 Å². The Morgan fingerprint density at radius 2 is 1.92 bits per heavy atom. The number of thiophene rings is 1. The van der Waals surface area contributed by atoms with Gasteiger partial charge in [0.05, 0.1) is 15.7 Å². The summed E-state index contributed by atoms with van der Waals surface area (Å²) >= 11 is 13.6. The maximum Gasteiger partial charge on any atom is 0.306 e. The molecule has 2 aromatic rings. The minimum atomic E-state index is -0.924. The number of para-hydroxylation sites is 1. The van der Waals surface area contributed by atoms with Crippen molar-refractivity contribution in [2.24, 2.45) is 0 Å². The lowest BCUT2D eigenvalue weighted by Crippen LogP contribution is -2.30. The van der Waals surface area contributed by atoms with Crippen LogP contribution in [-0.4, -0.2) is 18.0 Å². The zero-order valence-electron chi connectivity index (χ0n) is 13.1. The lowest BCUT2D eigenvalue weighted by atomic mass is 10.2. The van der Waals surface area contributed by atoms with Gasteiger partial charge < -0.3 is 10.1 Å². The molecule has 0 fully saturated rings. The van der Waals surface area contributed by atoms with Gasteiger partial charge in [-0.2, -0.15) is 0 Å². The number of halogens is 2. The molecule has 2 rings (SSSR count). The number of amides is 1. The van der Waals surface area contributed by atoms with Crippen molar-refractivity contribution in [3.05, 3.63) is 50.6 Å². The van der Waals surface area contributed by atoms with Crippen LogP contribution in [0.3, 0.4) is 0 Å². The maximum atomic E-state index is 12.1. The molecule has 1 amide bonds. The number of hydrogen-bond acceptors (Lipinski definition) is 4. The van der Waals surface area contributed by atoms with E-state index in [1.54, 1.807) is 29.5 Å². The molecule has 24 heavy (non-hydrogen) atoms. The van der Waals surface area contributed by atoms with Gasteiger partial charge in [-0.3, -0.25) is 9.59 Å². The molecule has 0 spiro atoms. The van der Waals surface area contributed by atoms with Crippen LogP contribution in [0.5, 0.6) is 0 Å². The summed E-state index contributed by atoms with van der Waals surface area (Å²) in [6.07, 6.45) is 0.848. The SMILES string of the molecule is C[C@@H](OC(=O)CCCc1cccs1)C(=O)Nc1c(Cl)cccc1Cl. The van der Waals surface area contributed by atoms with Crippen LogP contribution in [-0.2, 0) is 20.7 Å². The maximum absolute atomic E-state index is 12.1. The number of anilines is 1. The number of ether oxygens (including phenoxy) is 1. The molecule has 1 aromatic carbocycles. The topological polar surface area (TPSA) is 55.4 Å². The fourth-order valence-electron chi connectivity index (χ4n) is 2.01. The zero-order valence-corrected chi connectivity index (χ0v) is 15.4. The second-order valence-corrected chi connectivity index (χ2v) is 7.00. The summed E-state index contributed by atoms with van der Waals surface area (Å²) in [6, 6.07) is 8.91. The van der Waals surface area contributed by atoms with E-state index in [9.17, 15) is 9.59 Å². The van der Waals surface area contributed by atoms with Crippen molar-refractivity contribution in [1.82, 2.24) is 0 Å². The third-order valence-electron chi connectivity index (χ3n) is 3.27. The molecule has 1 aromatic heterocycles. The van der Waals surface area contributed by atoms with Crippen molar-refractivity contribution in [3.8, 4) is 0 Å². The van der Waals surface area contributed by atoms with Crippen LogP contribution in [0.1, 0.15) is 24.6 Å². The van der Waals surface area contributed by atoms with Crippen molar-refractivity contribution in [3.63, 3.8) is 0 Å². The molecule has 0 aliphatic heterocycles. The quantitative estimate of drug-likeness (QED) is 0.686. The fraction of sp³-hybridized carbons (Fsp3) is 0.294. The van der Waals surface area contributed by atoms with Gasteiger partial charge in [0, 0.05) is 11.3 Å². The van der Waals surface area contributed by atoms with E-state index in [1.165, 1.54) is 11.8 Å². The van der Waals surface area contributed by atoms with E-state index in [1.807, 2.05) is 17.5 Å². The summed E-state index contributed by atoms with van der Waals surface area (Å²) in [6.45, 7) is 1.51. The number of carbonyl (C=O) groups excluding carboxylic acids is 2. The summed E-state index contributed by atoms with van der Waals surface area (Å²) in [7, 11) is 0. The van der Waals surface area contributed by atoms with Gasteiger partial charge in [0.2, 0.25) is 0 Å². The van der Waals surface area contributed by atoms with Crippen molar-refractivity contribution in [2.75, 3.05) is 5.32 Å². The van der Waals surface area contributed by atoms with E-state index in [2.05, 4.69) is 5.32 Å². The molecule has 0 unspecified atom stereocenters. The molecule has 7 heteroatoms. The van der Waals surface area contributed by atoms with Gasteiger partial charge in [0.15, 0.2) is 6.10 Å². The van der Waals surface area contributed by atoms with Crippen LogP contribution < -0.4 is 5.32 Å². The van der Waals surface area contributed by atoms with Gasteiger partial charge in [-0.05, 0) is 43.3 Å². The molecular weight excluding hydrogens is 369 g/mol. The first-order valence-electron chi connectivity index (χ1n) is 7.44. The minimum absolute atomic E-state index is 0.266. The molecule has 4 nitrogen and oxygen atoms in total. The van der Waals surface area contributed by atoms with Crippen molar-refractivity contribution in [1.29, 1.82) is 0 Å². The largest absolute Gasteiger partial charge is 0.453 e. The summed E-state index contributed by atoms with van der Waals surface area (Å²) < 4.78 is 5.15. The Morgan fingerprint density at radius 1 is 1.21 bits per heavy atom. The Hall–Kier alpha value is -1.56. The third kappa shape index (κ3) is 5.51. The van der Waals surface area contributed by atoms with E-state index in [-0.39, 0.29) is 6.42 Å². The van der Waals surface area contributed by atoms with E-state index < -0.39 is 18.0 Å². The summed E-state index contributed by atoms with van der Waals surface area (Å²) in [5.41, 5.74) is 0.312.